The van der Waals surface area contributed by atoms with Gasteiger partial charge in [-0.25, -0.2) is 0 Å². The van der Waals surface area contributed by atoms with E-state index < -0.39 is 5.91 Å². The second-order valence-electron chi connectivity index (χ2n) is 5.93. The maximum absolute atomic E-state index is 13.1. The van der Waals surface area contributed by atoms with E-state index in [-0.39, 0.29) is 21.8 Å². The Morgan fingerprint density at radius 1 is 0.852 bits per heavy atom. The molecule has 1 amide bonds. The molecule has 0 aliphatic rings. The van der Waals surface area contributed by atoms with Crippen molar-refractivity contribution < 1.29 is 9.59 Å². The summed E-state index contributed by atoms with van der Waals surface area (Å²) in [7, 11) is 0. The Morgan fingerprint density at radius 2 is 1.48 bits per heavy atom. The third kappa shape index (κ3) is 2.86. The Morgan fingerprint density at radius 3 is 2.11 bits per heavy atom. The van der Waals surface area contributed by atoms with Crippen LogP contribution in [0.4, 0.5) is 0 Å². The molecule has 0 fully saturated rings. The van der Waals surface area contributed by atoms with Gasteiger partial charge in [-0.1, -0.05) is 48.5 Å². The van der Waals surface area contributed by atoms with Gasteiger partial charge in [0.1, 0.15) is 9.71 Å². The van der Waals surface area contributed by atoms with Crippen LogP contribution in [-0.2, 0) is 0 Å². The first kappa shape index (κ1) is 16.9. The number of thiophene rings is 1. The SMILES string of the molecule is NC(=O)c1sc2c(ccc(=O)n2-c2ccccc2)c1C(=O)c1ccccc1. The van der Waals surface area contributed by atoms with Crippen molar-refractivity contribution in [1.29, 1.82) is 0 Å². The molecule has 0 aliphatic heterocycles. The summed E-state index contributed by atoms with van der Waals surface area (Å²) < 4.78 is 1.49. The smallest absolute Gasteiger partial charge is 0.259 e. The number of ketones is 1. The minimum Gasteiger partial charge on any atom is -0.365 e. The molecule has 2 N–H and O–H groups in total. The highest BCUT2D eigenvalue weighted by Crippen LogP contribution is 2.33. The van der Waals surface area contributed by atoms with Gasteiger partial charge >= 0.3 is 0 Å². The molecule has 0 radical (unpaired) electrons. The summed E-state index contributed by atoms with van der Waals surface area (Å²) >= 11 is 1.06. The summed E-state index contributed by atoms with van der Waals surface area (Å²) in [6.45, 7) is 0. The molecule has 0 unspecified atom stereocenters. The average molecular weight is 374 g/mol. The number of aromatic nitrogens is 1. The lowest BCUT2D eigenvalue weighted by atomic mass is 10.0. The minimum atomic E-state index is -0.692. The molecule has 0 spiro atoms. The number of para-hydroxylation sites is 1. The van der Waals surface area contributed by atoms with Crippen molar-refractivity contribution in [2.24, 2.45) is 5.73 Å². The van der Waals surface area contributed by atoms with Crippen LogP contribution in [0.15, 0.2) is 77.6 Å². The van der Waals surface area contributed by atoms with E-state index in [0.29, 0.717) is 21.5 Å². The van der Waals surface area contributed by atoms with Crippen molar-refractivity contribution in [3.63, 3.8) is 0 Å². The number of fused-ring (bicyclic) bond motifs is 1. The highest BCUT2D eigenvalue weighted by atomic mass is 32.1. The molecular weight excluding hydrogens is 360 g/mol. The van der Waals surface area contributed by atoms with Crippen molar-refractivity contribution in [1.82, 2.24) is 4.57 Å². The number of pyridine rings is 1. The molecule has 132 valence electrons. The molecule has 2 heterocycles. The van der Waals surface area contributed by atoms with Gasteiger partial charge < -0.3 is 5.73 Å². The number of rotatable bonds is 4. The molecule has 2 aromatic heterocycles. The van der Waals surface area contributed by atoms with Gasteiger partial charge in [-0.3, -0.25) is 19.0 Å². The van der Waals surface area contributed by atoms with Gasteiger partial charge in [-0.15, -0.1) is 11.3 Å². The van der Waals surface area contributed by atoms with Crippen LogP contribution in [0.1, 0.15) is 25.6 Å². The molecule has 0 saturated heterocycles. The monoisotopic (exact) mass is 374 g/mol. The second-order valence-corrected chi connectivity index (χ2v) is 6.93. The standard InChI is InChI=1S/C21H14N2O3S/c22-20(26)19-17(18(25)13-7-3-1-4-8-13)15-11-12-16(24)23(21(15)27-19)14-9-5-2-6-10-14/h1-12H,(H2,22,26). The fourth-order valence-electron chi connectivity index (χ4n) is 3.04. The Hall–Kier alpha value is -3.51. The molecule has 4 aromatic rings. The van der Waals surface area contributed by atoms with E-state index in [9.17, 15) is 14.4 Å². The van der Waals surface area contributed by atoms with Crippen molar-refractivity contribution in [2.75, 3.05) is 0 Å². The zero-order valence-electron chi connectivity index (χ0n) is 14.1. The summed E-state index contributed by atoms with van der Waals surface area (Å²) in [5.74, 6) is -0.989. The van der Waals surface area contributed by atoms with Gasteiger partial charge in [0, 0.05) is 17.0 Å². The summed E-state index contributed by atoms with van der Waals surface area (Å²) in [5.41, 5.74) is 6.65. The third-order valence-corrected chi connectivity index (χ3v) is 5.45. The summed E-state index contributed by atoms with van der Waals surface area (Å²) in [4.78, 5) is 38.3. The van der Waals surface area contributed by atoms with Crippen LogP contribution < -0.4 is 11.3 Å². The Kier molecular flexibility index (Phi) is 4.18. The zero-order valence-corrected chi connectivity index (χ0v) is 14.9. The number of benzene rings is 2. The molecule has 5 nitrogen and oxygen atoms in total. The molecule has 0 aliphatic carbocycles. The predicted octanol–water partition coefficient (Wildman–Crippen LogP) is 3.38. The normalized spacial score (nSPS) is 10.8. The lowest BCUT2D eigenvalue weighted by Gasteiger charge is -2.07. The molecule has 0 saturated carbocycles. The largest absolute Gasteiger partial charge is 0.365 e. The number of amides is 1. The Bertz CT molecular complexity index is 1230. The molecule has 4 rings (SSSR count). The quantitative estimate of drug-likeness (QED) is 0.556. The number of nitrogens with two attached hydrogens (primary N) is 1. The van der Waals surface area contributed by atoms with Crippen LogP contribution in [0.3, 0.4) is 0 Å². The first-order valence-electron chi connectivity index (χ1n) is 8.21. The number of hydrogen-bond acceptors (Lipinski definition) is 4. The van der Waals surface area contributed by atoms with E-state index in [0.717, 1.165) is 11.3 Å². The van der Waals surface area contributed by atoms with Gasteiger partial charge in [0.05, 0.1) is 11.3 Å². The molecule has 27 heavy (non-hydrogen) atoms. The maximum atomic E-state index is 13.1. The van der Waals surface area contributed by atoms with Gasteiger partial charge in [-0.05, 0) is 18.2 Å². The van der Waals surface area contributed by atoms with Crippen molar-refractivity contribution in [2.45, 2.75) is 0 Å². The summed E-state index contributed by atoms with van der Waals surface area (Å²) in [6.07, 6.45) is 0. The van der Waals surface area contributed by atoms with E-state index in [4.69, 9.17) is 5.73 Å². The van der Waals surface area contributed by atoms with Crippen LogP contribution in [0.5, 0.6) is 0 Å². The molecular formula is C21H14N2O3S. The lowest BCUT2D eigenvalue weighted by molar-refractivity contribution is 0.0986. The fourth-order valence-corrected chi connectivity index (χ4v) is 4.20. The Labute approximate surface area is 158 Å². The molecule has 0 bridgehead atoms. The summed E-state index contributed by atoms with van der Waals surface area (Å²) in [6, 6.07) is 20.7. The van der Waals surface area contributed by atoms with Crippen molar-refractivity contribution >= 4 is 33.2 Å². The zero-order chi connectivity index (χ0) is 19.0. The van der Waals surface area contributed by atoms with E-state index in [1.807, 2.05) is 24.3 Å². The highest BCUT2D eigenvalue weighted by Gasteiger charge is 2.25. The maximum Gasteiger partial charge on any atom is 0.259 e. The van der Waals surface area contributed by atoms with Gasteiger partial charge in [-0.2, -0.15) is 0 Å². The number of hydrogen-bond donors (Lipinski definition) is 1. The van der Waals surface area contributed by atoms with Crippen molar-refractivity contribution in [3.05, 3.63) is 99.2 Å². The van der Waals surface area contributed by atoms with Gasteiger partial charge in [0.25, 0.3) is 11.5 Å². The van der Waals surface area contributed by atoms with E-state index in [1.54, 1.807) is 42.5 Å². The van der Waals surface area contributed by atoms with Crippen LogP contribution in [-0.4, -0.2) is 16.3 Å². The van der Waals surface area contributed by atoms with E-state index in [1.165, 1.54) is 10.6 Å². The number of carbonyl (C=O) groups is 2. The summed E-state index contributed by atoms with van der Waals surface area (Å²) in [5, 5.41) is 0.533. The van der Waals surface area contributed by atoms with Crippen LogP contribution in [0.2, 0.25) is 0 Å². The second kappa shape index (κ2) is 6.66. The van der Waals surface area contributed by atoms with Crippen LogP contribution in [0, 0.1) is 0 Å². The minimum absolute atomic E-state index is 0.147. The fraction of sp³-hybridized carbons (Fsp3) is 0. The van der Waals surface area contributed by atoms with E-state index >= 15 is 0 Å². The Balaban J connectivity index is 2.06. The van der Waals surface area contributed by atoms with Gasteiger partial charge in [0.15, 0.2) is 5.78 Å². The number of nitrogens with zero attached hydrogens (tertiary/aromatic N) is 1. The number of primary amides is 1. The number of carbonyl (C=O) groups excluding carboxylic acids is 2. The third-order valence-electron chi connectivity index (χ3n) is 4.24. The first-order valence-corrected chi connectivity index (χ1v) is 9.03. The average Bonchev–Trinajstić information content (AvgIpc) is 3.08. The van der Waals surface area contributed by atoms with Crippen LogP contribution >= 0.6 is 11.3 Å². The van der Waals surface area contributed by atoms with E-state index in [2.05, 4.69) is 0 Å². The molecule has 0 atom stereocenters. The molecule has 2 aromatic carbocycles. The first-order chi connectivity index (χ1) is 13.1. The predicted molar refractivity (Wildman–Crippen MR) is 106 cm³/mol. The highest BCUT2D eigenvalue weighted by molar-refractivity contribution is 7.21. The lowest BCUT2D eigenvalue weighted by Crippen LogP contribution is -2.16. The van der Waals surface area contributed by atoms with Crippen molar-refractivity contribution in [3.8, 4) is 5.69 Å². The topological polar surface area (TPSA) is 82.2 Å². The van der Waals surface area contributed by atoms with Crippen LogP contribution in [0.25, 0.3) is 15.9 Å². The van der Waals surface area contributed by atoms with Gasteiger partial charge in [0.2, 0.25) is 0 Å². The molecule has 6 heteroatoms.